The summed E-state index contributed by atoms with van der Waals surface area (Å²) in [5.41, 5.74) is 1.78. The van der Waals surface area contributed by atoms with Crippen molar-refractivity contribution >= 4 is 11.3 Å². The standard InChI is InChI=1S/C13H16N2OS/c1-9-15-11(8-17-9)10-5-6-12(14-7-10)16-13(2,3)4/h5-8H,1-4H3. The molecule has 2 aromatic rings. The molecule has 0 fully saturated rings. The van der Waals surface area contributed by atoms with E-state index in [0.717, 1.165) is 16.3 Å². The van der Waals surface area contributed by atoms with Gasteiger partial charge in [-0.05, 0) is 33.8 Å². The molecule has 0 N–H and O–H groups in total. The highest BCUT2D eigenvalue weighted by molar-refractivity contribution is 7.09. The van der Waals surface area contributed by atoms with Crippen molar-refractivity contribution in [2.24, 2.45) is 0 Å². The first-order valence-corrected chi connectivity index (χ1v) is 6.39. The number of hydrogen-bond donors (Lipinski definition) is 0. The van der Waals surface area contributed by atoms with E-state index in [1.165, 1.54) is 0 Å². The molecule has 0 amide bonds. The Bertz CT molecular complexity index is 497. The predicted molar refractivity (Wildman–Crippen MR) is 70.5 cm³/mol. The van der Waals surface area contributed by atoms with Crippen LogP contribution in [0.25, 0.3) is 11.3 Å². The summed E-state index contributed by atoms with van der Waals surface area (Å²) in [7, 11) is 0. The van der Waals surface area contributed by atoms with Crippen LogP contribution in [0.3, 0.4) is 0 Å². The molecule has 0 aromatic carbocycles. The molecule has 0 radical (unpaired) electrons. The van der Waals surface area contributed by atoms with E-state index in [0.29, 0.717) is 5.88 Å². The van der Waals surface area contributed by atoms with Gasteiger partial charge in [0.2, 0.25) is 5.88 Å². The number of ether oxygens (including phenoxy) is 1. The number of hydrogen-bond acceptors (Lipinski definition) is 4. The van der Waals surface area contributed by atoms with Gasteiger partial charge < -0.3 is 4.74 Å². The quantitative estimate of drug-likeness (QED) is 0.813. The molecule has 0 aliphatic carbocycles. The average Bonchev–Trinajstić information content (AvgIpc) is 2.63. The summed E-state index contributed by atoms with van der Waals surface area (Å²) < 4.78 is 5.67. The molecule has 17 heavy (non-hydrogen) atoms. The third-order valence-electron chi connectivity index (χ3n) is 2.06. The summed E-state index contributed by atoms with van der Waals surface area (Å²) in [5.74, 6) is 0.646. The molecule has 0 spiro atoms. The highest BCUT2D eigenvalue weighted by atomic mass is 32.1. The van der Waals surface area contributed by atoms with Gasteiger partial charge in [-0.3, -0.25) is 0 Å². The van der Waals surface area contributed by atoms with Gasteiger partial charge in [-0.15, -0.1) is 11.3 Å². The molecule has 2 heterocycles. The topological polar surface area (TPSA) is 35.0 Å². The normalized spacial score (nSPS) is 11.5. The lowest BCUT2D eigenvalue weighted by Crippen LogP contribution is -2.23. The van der Waals surface area contributed by atoms with E-state index in [1.807, 2.05) is 45.2 Å². The Hall–Kier alpha value is -1.42. The van der Waals surface area contributed by atoms with Crippen molar-refractivity contribution in [2.45, 2.75) is 33.3 Å². The molecule has 2 rings (SSSR count). The molecule has 0 aliphatic heterocycles. The van der Waals surface area contributed by atoms with Crippen LogP contribution in [0.1, 0.15) is 25.8 Å². The molecule has 0 aliphatic rings. The molecule has 0 atom stereocenters. The molecule has 0 unspecified atom stereocenters. The maximum absolute atomic E-state index is 5.67. The third-order valence-corrected chi connectivity index (χ3v) is 2.84. The maximum Gasteiger partial charge on any atom is 0.213 e. The summed E-state index contributed by atoms with van der Waals surface area (Å²) in [4.78, 5) is 8.71. The number of nitrogens with zero attached hydrogens (tertiary/aromatic N) is 2. The Balaban J connectivity index is 2.19. The predicted octanol–water partition coefficient (Wildman–Crippen LogP) is 3.69. The number of thiazole rings is 1. The minimum absolute atomic E-state index is 0.217. The lowest BCUT2D eigenvalue weighted by atomic mass is 10.2. The second-order valence-corrected chi connectivity index (χ2v) is 5.91. The van der Waals surface area contributed by atoms with Gasteiger partial charge in [-0.1, -0.05) is 0 Å². The van der Waals surface area contributed by atoms with Crippen molar-refractivity contribution in [1.29, 1.82) is 0 Å². The summed E-state index contributed by atoms with van der Waals surface area (Å²) >= 11 is 1.64. The van der Waals surface area contributed by atoms with Gasteiger partial charge in [0, 0.05) is 23.2 Å². The first kappa shape index (κ1) is 12.0. The fourth-order valence-electron chi connectivity index (χ4n) is 1.40. The number of rotatable bonds is 2. The SMILES string of the molecule is Cc1nc(-c2ccc(OC(C)(C)C)nc2)cs1. The van der Waals surface area contributed by atoms with Crippen LogP contribution in [0.15, 0.2) is 23.7 Å². The van der Waals surface area contributed by atoms with Crippen LogP contribution in [0, 0.1) is 6.92 Å². The zero-order valence-corrected chi connectivity index (χ0v) is 11.3. The zero-order valence-electron chi connectivity index (χ0n) is 10.5. The number of pyridine rings is 1. The highest BCUT2D eigenvalue weighted by Gasteiger charge is 2.12. The number of aryl methyl sites for hydroxylation is 1. The highest BCUT2D eigenvalue weighted by Crippen LogP contribution is 2.23. The van der Waals surface area contributed by atoms with Crippen LogP contribution in [0.5, 0.6) is 5.88 Å². The maximum atomic E-state index is 5.67. The smallest absolute Gasteiger partial charge is 0.213 e. The van der Waals surface area contributed by atoms with E-state index in [-0.39, 0.29) is 5.60 Å². The van der Waals surface area contributed by atoms with E-state index in [1.54, 1.807) is 17.5 Å². The van der Waals surface area contributed by atoms with Crippen molar-refractivity contribution in [3.63, 3.8) is 0 Å². The molecule has 0 bridgehead atoms. The van der Waals surface area contributed by atoms with Crippen LogP contribution in [-0.4, -0.2) is 15.6 Å². The fourth-order valence-corrected chi connectivity index (χ4v) is 2.02. The Kier molecular flexibility index (Phi) is 3.15. The minimum atomic E-state index is -0.217. The van der Waals surface area contributed by atoms with E-state index in [2.05, 4.69) is 9.97 Å². The second kappa shape index (κ2) is 4.45. The van der Waals surface area contributed by atoms with Crippen LogP contribution < -0.4 is 4.74 Å². The molecule has 3 nitrogen and oxygen atoms in total. The molecule has 4 heteroatoms. The Morgan fingerprint density at radius 1 is 1.24 bits per heavy atom. The van der Waals surface area contributed by atoms with Gasteiger partial charge in [0.15, 0.2) is 0 Å². The van der Waals surface area contributed by atoms with E-state index < -0.39 is 0 Å². The first-order chi connectivity index (χ1) is 7.94. The first-order valence-electron chi connectivity index (χ1n) is 5.52. The molecule has 0 saturated carbocycles. The van der Waals surface area contributed by atoms with Crippen molar-refractivity contribution in [3.8, 4) is 17.1 Å². The summed E-state index contributed by atoms with van der Waals surface area (Å²) in [6.07, 6.45) is 1.80. The fraction of sp³-hybridized carbons (Fsp3) is 0.385. The van der Waals surface area contributed by atoms with Gasteiger partial charge in [0.1, 0.15) is 5.60 Å². The van der Waals surface area contributed by atoms with Gasteiger partial charge in [-0.2, -0.15) is 0 Å². The summed E-state index contributed by atoms with van der Waals surface area (Å²) in [5, 5.41) is 3.10. The summed E-state index contributed by atoms with van der Waals surface area (Å²) in [6.45, 7) is 8.02. The van der Waals surface area contributed by atoms with E-state index >= 15 is 0 Å². The lowest BCUT2D eigenvalue weighted by Gasteiger charge is -2.20. The average molecular weight is 248 g/mol. The van der Waals surface area contributed by atoms with Crippen LogP contribution in [-0.2, 0) is 0 Å². The lowest BCUT2D eigenvalue weighted by molar-refractivity contribution is 0.124. The van der Waals surface area contributed by atoms with Gasteiger partial charge in [0.05, 0.1) is 10.7 Å². The molecule has 90 valence electrons. The Labute approximate surface area is 106 Å². The van der Waals surface area contributed by atoms with Crippen LogP contribution in [0.2, 0.25) is 0 Å². The monoisotopic (exact) mass is 248 g/mol. The van der Waals surface area contributed by atoms with Gasteiger partial charge in [0.25, 0.3) is 0 Å². The minimum Gasteiger partial charge on any atom is -0.472 e. The van der Waals surface area contributed by atoms with Crippen molar-refractivity contribution in [1.82, 2.24) is 9.97 Å². The van der Waals surface area contributed by atoms with Crippen molar-refractivity contribution in [3.05, 3.63) is 28.7 Å². The summed E-state index contributed by atoms with van der Waals surface area (Å²) in [6, 6.07) is 3.87. The van der Waals surface area contributed by atoms with E-state index in [4.69, 9.17) is 4.74 Å². The molecular formula is C13H16N2OS. The van der Waals surface area contributed by atoms with Crippen molar-refractivity contribution < 1.29 is 4.74 Å². The number of aromatic nitrogens is 2. The molecular weight excluding hydrogens is 232 g/mol. The van der Waals surface area contributed by atoms with Gasteiger partial charge >= 0.3 is 0 Å². The third kappa shape index (κ3) is 3.27. The van der Waals surface area contributed by atoms with Crippen molar-refractivity contribution in [2.75, 3.05) is 0 Å². The molecule has 0 saturated heterocycles. The van der Waals surface area contributed by atoms with Gasteiger partial charge in [-0.25, -0.2) is 9.97 Å². The Morgan fingerprint density at radius 3 is 2.47 bits per heavy atom. The largest absolute Gasteiger partial charge is 0.472 e. The van der Waals surface area contributed by atoms with Crippen LogP contribution in [0.4, 0.5) is 0 Å². The second-order valence-electron chi connectivity index (χ2n) is 4.85. The molecule has 2 aromatic heterocycles. The van der Waals surface area contributed by atoms with Crippen LogP contribution >= 0.6 is 11.3 Å². The zero-order chi connectivity index (χ0) is 12.5. The van der Waals surface area contributed by atoms with E-state index in [9.17, 15) is 0 Å². The Morgan fingerprint density at radius 2 is 2.00 bits per heavy atom.